The molecule has 2 N–H and O–H groups in total. The molecule has 0 unspecified atom stereocenters. The van der Waals surface area contributed by atoms with Crippen molar-refractivity contribution in [2.75, 3.05) is 25.9 Å². The summed E-state index contributed by atoms with van der Waals surface area (Å²) in [4.78, 5) is 2.39. The van der Waals surface area contributed by atoms with E-state index in [1.165, 1.54) is 32.4 Å². The van der Waals surface area contributed by atoms with E-state index >= 15 is 0 Å². The lowest BCUT2D eigenvalue weighted by Gasteiger charge is -2.13. The van der Waals surface area contributed by atoms with Gasteiger partial charge in [0.05, 0.1) is 0 Å². The molecule has 0 amide bonds. The minimum atomic E-state index is 0.822. The van der Waals surface area contributed by atoms with Gasteiger partial charge in [-0.1, -0.05) is 66.2 Å². The topological polar surface area (TPSA) is 29.3 Å². The summed E-state index contributed by atoms with van der Waals surface area (Å²) in [5.41, 5.74) is 6.18. The molecular weight excluding hydrogens is 244 g/mol. The van der Waals surface area contributed by atoms with E-state index in [0.717, 1.165) is 5.69 Å². The van der Waals surface area contributed by atoms with Crippen molar-refractivity contribution in [3.05, 3.63) is 30.3 Å². The zero-order valence-electron chi connectivity index (χ0n) is 14.9. The van der Waals surface area contributed by atoms with Crippen molar-refractivity contribution < 1.29 is 0 Å². The molecular formula is C18H38N2. The predicted octanol–water partition coefficient (Wildman–Crippen LogP) is 5.45. The molecule has 0 spiro atoms. The fraction of sp³-hybridized carbons (Fsp3) is 0.667. The van der Waals surface area contributed by atoms with Gasteiger partial charge in [-0.05, 0) is 45.1 Å². The lowest BCUT2D eigenvalue weighted by molar-refractivity contribution is 0.329. The van der Waals surface area contributed by atoms with Crippen LogP contribution in [-0.2, 0) is 0 Å². The van der Waals surface area contributed by atoms with E-state index in [9.17, 15) is 0 Å². The maximum atomic E-state index is 5.36. The smallest absolute Gasteiger partial charge is 0.0313 e. The van der Waals surface area contributed by atoms with E-state index in [0.29, 0.717) is 0 Å². The highest BCUT2D eigenvalue weighted by Crippen LogP contribution is 1.96. The maximum Gasteiger partial charge on any atom is 0.0313 e. The minimum Gasteiger partial charge on any atom is -0.399 e. The summed E-state index contributed by atoms with van der Waals surface area (Å²) in [6.45, 7) is 15.0. The molecule has 0 aromatic heterocycles. The second kappa shape index (κ2) is 23.1. The zero-order valence-corrected chi connectivity index (χ0v) is 14.9. The maximum absolute atomic E-state index is 5.36. The third kappa shape index (κ3) is 22.2. The van der Waals surface area contributed by atoms with Crippen molar-refractivity contribution in [3.63, 3.8) is 0 Å². The third-order valence-electron chi connectivity index (χ3n) is 2.30. The summed E-state index contributed by atoms with van der Waals surface area (Å²) in [5.74, 6) is 0. The SMILES string of the molecule is CC.CC.CCCCN(C)CCC.Nc1ccccc1. The molecule has 2 nitrogen and oxygen atoms in total. The molecule has 0 aliphatic carbocycles. The lowest BCUT2D eigenvalue weighted by atomic mass is 10.3. The van der Waals surface area contributed by atoms with Crippen LogP contribution in [0.15, 0.2) is 30.3 Å². The number of rotatable bonds is 5. The van der Waals surface area contributed by atoms with Crippen LogP contribution in [0.3, 0.4) is 0 Å². The first-order chi connectivity index (χ1) is 9.70. The van der Waals surface area contributed by atoms with Crippen LogP contribution < -0.4 is 5.73 Å². The Balaban J connectivity index is -0.000000234. The quantitative estimate of drug-likeness (QED) is 0.728. The minimum absolute atomic E-state index is 0.822. The Morgan fingerprint density at radius 1 is 0.850 bits per heavy atom. The molecule has 20 heavy (non-hydrogen) atoms. The van der Waals surface area contributed by atoms with E-state index in [1.807, 2.05) is 58.0 Å². The molecule has 0 aliphatic heterocycles. The van der Waals surface area contributed by atoms with Crippen LogP contribution in [0.5, 0.6) is 0 Å². The van der Waals surface area contributed by atoms with E-state index in [4.69, 9.17) is 5.73 Å². The standard InChI is InChI=1S/C8H19N.C6H7N.2C2H6/c1-4-6-8-9(3)7-5-2;7-6-4-2-1-3-5-6;2*1-2/h4-8H2,1-3H3;1-5H,7H2;2*1-2H3. The molecule has 1 aromatic carbocycles. The summed E-state index contributed by atoms with van der Waals surface area (Å²) in [5, 5.41) is 0. The van der Waals surface area contributed by atoms with E-state index in [-0.39, 0.29) is 0 Å². The molecule has 0 saturated heterocycles. The fourth-order valence-corrected chi connectivity index (χ4v) is 1.37. The number of nitrogens with zero attached hydrogens (tertiary/aromatic N) is 1. The second-order valence-electron chi connectivity index (χ2n) is 4.07. The number of anilines is 1. The van der Waals surface area contributed by atoms with Gasteiger partial charge < -0.3 is 10.6 Å². The Bertz CT molecular complexity index is 234. The van der Waals surface area contributed by atoms with Gasteiger partial charge in [0.1, 0.15) is 0 Å². The third-order valence-corrected chi connectivity index (χ3v) is 2.30. The zero-order chi connectivity index (χ0) is 16.2. The number of unbranched alkanes of at least 4 members (excludes halogenated alkanes) is 1. The van der Waals surface area contributed by atoms with Gasteiger partial charge in [0, 0.05) is 5.69 Å². The van der Waals surface area contributed by atoms with Gasteiger partial charge in [0.25, 0.3) is 0 Å². The number of hydrogen-bond donors (Lipinski definition) is 1. The van der Waals surface area contributed by atoms with Gasteiger partial charge in [0.2, 0.25) is 0 Å². The Morgan fingerprint density at radius 2 is 1.35 bits per heavy atom. The van der Waals surface area contributed by atoms with Gasteiger partial charge in [-0.2, -0.15) is 0 Å². The first kappa shape index (κ1) is 24.0. The normalized spacial score (nSPS) is 8.40. The van der Waals surface area contributed by atoms with Crippen LogP contribution in [0.25, 0.3) is 0 Å². The van der Waals surface area contributed by atoms with Crippen molar-refractivity contribution in [1.82, 2.24) is 4.90 Å². The average Bonchev–Trinajstić information content (AvgIpc) is 2.51. The Labute approximate surface area is 128 Å². The van der Waals surface area contributed by atoms with Crippen molar-refractivity contribution in [1.29, 1.82) is 0 Å². The predicted molar refractivity (Wildman–Crippen MR) is 96.2 cm³/mol. The van der Waals surface area contributed by atoms with E-state index in [1.54, 1.807) is 0 Å². The first-order valence-electron chi connectivity index (χ1n) is 8.19. The van der Waals surface area contributed by atoms with E-state index < -0.39 is 0 Å². The molecule has 120 valence electrons. The van der Waals surface area contributed by atoms with Crippen LogP contribution in [0, 0.1) is 0 Å². The molecule has 0 fully saturated rings. The molecule has 0 aliphatic rings. The number of nitrogens with two attached hydrogens (primary N) is 1. The molecule has 0 radical (unpaired) electrons. The summed E-state index contributed by atoms with van der Waals surface area (Å²) < 4.78 is 0. The highest BCUT2D eigenvalue weighted by molar-refractivity contribution is 5.35. The molecule has 1 aromatic rings. The summed E-state index contributed by atoms with van der Waals surface area (Å²) in [7, 11) is 2.19. The van der Waals surface area contributed by atoms with E-state index in [2.05, 4.69) is 25.8 Å². The van der Waals surface area contributed by atoms with Crippen LogP contribution >= 0.6 is 0 Å². The van der Waals surface area contributed by atoms with Crippen LogP contribution in [-0.4, -0.2) is 25.0 Å². The highest BCUT2D eigenvalue weighted by Gasteiger charge is 1.92. The summed E-state index contributed by atoms with van der Waals surface area (Å²) >= 11 is 0. The van der Waals surface area contributed by atoms with Gasteiger partial charge in [-0.3, -0.25) is 0 Å². The van der Waals surface area contributed by atoms with Crippen molar-refractivity contribution in [2.45, 2.75) is 60.8 Å². The number of nitrogen functional groups attached to an aromatic ring is 1. The first-order valence-corrected chi connectivity index (χ1v) is 8.19. The van der Waals surface area contributed by atoms with Gasteiger partial charge in [0.15, 0.2) is 0 Å². The lowest BCUT2D eigenvalue weighted by Crippen LogP contribution is -2.19. The van der Waals surface area contributed by atoms with Crippen LogP contribution in [0.2, 0.25) is 0 Å². The Morgan fingerprint density at radius 3 is 1.65 bits per heavy atom. The summed E-state index contributed by atoms with van der Waals surface area (Å²) in [6.07, 6.45) is 3.94. The van der Waals surface area contributed by atoms with Crippen molar-refractivity contribution in [3.8, 4) is 0 Å². The molecule has 0 atom stereocenters. The Kier molecular flexibility index (Phi) is 27.8. The van der Waals surface area contributed by atoms with Crippen LogP contribution in [0.4, 0.5) is 5.69 Å². The number of para-hydroxylation sites is 1. The molecule has 0 saturated carbocycles. The van der Waals surface area contributed by atoms with Gasteiger partial charge >= 0.3 is 0 Å². The number of hydrogen-bond acceptors (Lipinski definition) is 2. The molecule has 1 rings (SSSR count). The average molecular weight is 283 g/mol. The van der Waals surface area contributed by atoms with Crippen molar-refractivity contribution in [2.24, 2.45) is 0 Å². The largest absolute Gasteiger partial charge is 0.399 e. The number of benzene rings is 1. The monoisotopic (exact) mass is 282 g/mol. The second-order valence-corrected chi connectivity index (χ2v) is 4.07. The van der Waals surface area contributed by atoms with Crippen molar-refractivity contribution >= 4 is 5.69 Å². The Hall–Kier alpha value is -1.02. The molecule has 2 heteroatoms. The fourth-order valence-electron chi connectivity index (χ4n) is 1.37. The van der Waals surface area contributed by atoms with Gasteiger partial charge in [-0.25, -0.2) is 0 Å². The molecule has 0 heterocycles. The van der Waals surface area contributed by atoms with Gasteiger partial charge in [-0.15, -0.1) is 0 Å². The van der Waals surface area contributed by atoms with Crippen LogP contribution in [0.1, 0.15) is 60.8 Å². The molecule has 0 bridgehead atoms. The highest BCUT2D eigenvalue weighted by atomic mass is 15.1. The summed E-state index contributed by atoms with van der Waals surface area (Å²) in [6, 6.07) is 9.49.